The van der Waals surface area contributed by atoms with E-state index in [0.717, 1.165) is 31.6 Å². The summed E-state index contributed by atoms with van der Waals surface area (Å²) in [5.74, 6) is 1.56. The van der Waals surface area contributed by atoms with Crippen LogP contribution in [0.2, 0.25) is 0 Å². The van der Waals surface area contributed by atoms with Crippen LogP contribution in [-0.4, -0.2) is 32.0 Å². The highest BCUT2D eigenvalue weighted by Crippen LogP contribution is 2.40. The summed E-state index contributed by atoms with van der Waals surface area (Å²) < 4.78 is 10.6. The number of hydrogen-bond donors (Lipinski definition) is 1. The highest BCUT2D eigenvalue weighted by atomic mass is 16.5. The van der Waals surface area contributed by atoms with Gasteiger partial charge in [0.15, 0.2) is 12.9 Å². The Morgan fingerprint density at radius 3 is 2.54 bits per heavy atom. The lowest BCUT2D eigenvalue weighted by Gasteiger charge is -2.39. The normalized spacial score (nSPS) is 20.3. The molecule has 144 valence electrons. The van der Waals surface area contributed by atoms with Crippen molar-refractivity contribution < 1.29 is 19.1 Å². The van der Waals surface area contributed by atoms with Gasteiger partial charge < -0.3 is 14.8 Å². The van der Waals surface area contributed by atoms with Crippen LogP contribution < -0.4 is 14.8 Å². The van der Waals surface area contributed by atoms with Crippen LogP contribution in [0.15, 0.2) is 18.2 Å². The Morgan fingerprint density at radius 1 is 1.27 bits per heavy atom. The Hall–Kier alpha value is -2.04. The summed E-state index contributed by atoms with van der Waals surface area (Å²) in [6.07, 6.45) is 6.22. The van der Waals surface area contributed by atoms with E-state index in [-0.39, 0.29) is 18.6 Å². The van der Waals surface area contributed by atoms with Gasteiger partial charge in [-0.15, -0.1) is 0 Å². The first-order valence-electron chi connectivity index (χ1n) is 9.45. The minimum atomic E-state index is -0.143. The van der Waals surface area contributed by atoms with Gasteiger partial charge in [-0.1, -0.05) is 27.2 Å². The van der Waals surface area contributed by atoms with Gasteiger partial charge in [-0.3, -0.25) is 9.59 Å². The van der Waals surface area contributed by atoms with Crippen LogP contribution in [0.25, 0.3) is 0 Å². The molecule has 1 aromatic carbocycles. The van der Waals surface area contributed by atoms with Crippen LogP contribution in [0, 0.1) is 11.3 Å². The predicted molar refractivity (Wildman–Crippen MR) is 102 cm³/mol. The van der Waals surface area contributed by atoms with Gasteiger partial charge >= 0.3 is 0 Å². The monoisotopic (exact) mass is 361 g/mol. The first-order valence-corrected chi connectivity index (χ1v) is 9.45. The Labute approximate surface area is 156 Å². The van der Waals surface area contributed by atoms with Crippen LogP contribution in [0.5, 0.6) is 11.5 Å². The number of carbonyl (C=O) groups excluding carboxylic acids is 2. The molecule has 0 bridgehead atoms. The Bertz CT molecular complexity index is 618. The minimum absolute atomic E-state index is 0.0897. The molecule has 5 nitrogen and oxygen atoms in total. The van der Waals surface area contributed by atoms with E-state index in [1.807, 2.05) is 0 Å². The molecule has 1 fully saturated rings. The van der Waals surface area contributed by atoms with Gasteiger partial charge in [0.05, 0.1) is 12.7 Å². The molecule has 1 aliphatic rings. The van der Waals surface area contributed by atoms with E-state index < -0.39 is 0 Å². The fraction of sp³-hybridized carbons (Fsp3) is 0.619. The maximum absolute atomic E-state index is 12.2. The van der Waals surface area contributed by atoms with Crippen LogP contribution in [-0.2, 0) is 4.79 Å². The topological polar surface area (TPSA) is 64.6 Å². The van der Waals surface area contributed by atoms with E-state index in [1.165, 1.54) is 13.5 Å². The number of nitrogens with one attached hydrogen (secondary N) is 1. The second-order valence-electron chi connectivity index (χ2n) is 7.77. The molecule has 26 heavy (non-hydrogen) atoms. The van der Waals surface area contributed by atoms with Crippen molar-refractivity contribution in [2.75, 3.05) is 13.7 Å². The second-order valence-corrected chi connectivity index (χ2v) is 7.77. The molecule has 0 atom stereocenters. The highest BCUT2D eigenvalue weighted by Gasteiger charge is 2.32. The van der Waals surface area contributed by atoms with E-state index in [4.69, 9.17) is 9.47 Å². The molecule has 0 aromatic heterocycles. The second kappa shape index (κ2) is 9.06. The number of aldehydes is 1. The van der Waals surface area contributed by atoms with Gasteiger partial charge in [-0.05, 0) is 55.2 Å². The molecule has 0 spiro atoms. The van der Waals surface area contributed by atoms with Gasteiger partial charge in [0.1, 0.15) is 11.5 Å². The number of methoxy groups -OCH3 is 1. The molecule has 1 amide bonds. The van der Waals surface area contributed by atoms with Gasteiger partial charge in [0.25, 0.3) is 5.91 Å². The number of benzene rings is 1. The Morgan fingerprint density at radius 2 is 1.96 bits per heavy atom. The standard InChI is InChI=1S/C21H31NO4/c1-5-21(2,3)16-6-8-17(9-7-16)22-20(24)14-26-19-11-10-18(25-4)12-15(19)13-23/h10-13,16-17H,5-9,14H2,1-4H3,(H,22,24). The number of rotatable bonds is 8. The third-order valence-electron chi connectivity index (χ3n) is 5.81. The predicted octanol–water partition coefficient (Wildman–Crippen LogP) is 4.00. The minimum Gasteiger partial charge on any atom is -0.497 e. The van der Waals surface area contributed by atoms with Crippen LogP contribution in [0.3, 0.4) is 0 Å². The summed E-state index contributed by atoms with van der Waals surface area (Å²) in [6, 6.07) is 5.17. The third-order valence-corrected chi connectivity index (χ3v) is 5.81. The summed E-state index contributed by atoms with van der Waals surface area (Å²) >= 11 is 0. The average molecular weight is 361 g/mol. The summed E-state index contributed by atoms with van der Waals surface area (Å²) in [5, 5.41) is 3.06. The molecule has 0 heterocycles. The van der Waals surface area contributed by atoms with Gasteiger partial charge in [0.2, 0.25) is 0 Å². The van der Waals surface area contributed by atoms with Gasteiger partial charge in [-0.2, -0.15) is 0 Å². The molecule has 1 N–H and O–H groups in total. The lowest BCUT2D eigenvalue weighted by molar-refractivity contribution is -0.124. The zero-order valence-electron chi connectivity index (χ0n) is 16.3. The maximum atomic E-state index is 12.2. The fourth-order valence-electron chi connectivity index (χ4n) is 3.60. The Kier molecular flexibility index (Phi) is 7.06. The largest absolute Gasteiger partial charge is 0.497 e. The zero-order valence-corrected chi connectivity index (χ0v) is 16.3. The highest BCUT2D eigenvalue weighted by molar-refractivity contribution is 5.81. The SMILES string of the molecule is CCC(C)(C)C1CCC(NC(=O)COc2ccc(OC)cc2C=O)CC1. The summed E-state index contributed by atoms with van der Waals surface area (Å²) in [5.41, 5.74) is 0.747. The summed E-state index contributed by atoms with van der Waals surface area (Å²) in [6.45, 7) is 6.83. The number of hydrogen-bond acceptors (Lipinski definition) is 4. The van der Waals surface area contributed by atoms with Crippen molar-refractivity contribution in [3.8, 4) is 11.5 Å². The van der Waals surface area contributed by atoms with Gasteiger partial charge in [0, 0.05) is 6.04 Å². The lowest BCUT2D eigenvalue weighted by atomic mass is 9.69. The van der Waals surface area contributed by atoms with Crippen molar-refractivity contribution in [1.29, 1.82) is 0 Å². The molecule has 0 radical (unpaired) electrons. The third kappa shape index (κ3) is 5.23. The van der Waals surface area contributed by atoms with E-state index in [2.05, 4.69) is 26.1 Å². The first-order chi connectivity index (χ1) is 12.4. The van der Waals surface area contributed by atoms with E-state index in [9.17, 15) is 9.59 Å². The van der Waals surface area contributed by atoms with Crippen molar-refractivity contribution >= 4 is 12.2 Å². The molecule has 0 unspecified atom stereocenters. The Balaban J connectivity index is 1.81. The van der Waals surface area contributed by atoms with Crippen molar-refractivity contribution in [2.24, 2.45) is 11.3 Å². The van der Waals surface area contributed by atoms with Crippen molar-refractivity contribution in [1.82, 2.24) is 5.32 Å². The van der Waals surface area contributed by atoms with E-state index in [1.54, 1.807) is 18.2 Å². The molecule has 1 aliphatic carbocycles. The quantitative estimate of drug-likeness (QED) is 0.711. The van der Waals surface area contributed by atoms with Crippen molar-refractivity contribution in [2.45, 2.75) is 58.9 Å². The molecule has 0 saturated heterocycles. The van der Waals surface area contributed by atoms with E-state index in [0.29, 0.717) is 28.8 Å². The van der Waals surface area contributed by atoms with E-state index >= 15 is 0 Å². The van der Waals surface area contributed by atoms with Crippen LogP contribution >= 0.6 is 0 Å². The average Bonchev–Trinajstić information content (AvgIpc) is 2.66. The zero-order chi connectivity index (χ0) is 19.2. The smallest absolute Gasteiger partial charge is 0.258 e. The first kappa shape index (κ1) is 20.3. The van der Waals surface area contributed by atoms with Crippen LogP contribution in [0.1, 0.15) is 63.2 Å². The summed E-state index contributed by atoms with van der Waals surface area (Å²) in [4.78, 5) is 23.4. The number of ether oxygens (including phenoxy) is 2. The molecular formula is C21H31NO4. The van der Waals surface area contributed by atoms with Crippen LogP contribution in [0.4, 0.5) is 0 Å². The lowest BCUT2D eigenvalue weighted by Crippen LogP contribution is -2.41. The molecule has 2 rings (SSSR count). The fourth-order valence-corrected chi connectivity index (χ4v) is 3.60. The van der Waals surface area contributed by atoms with Gasteiger partial charge in [-0.25, -0.2) is 0 Å². The molecular weight excluding hydrogens is 330 g/mol. The molecule has 1 saturated carbocycles. The molecule has 5 heteroatoms. The summed E-state index contributed by atoms with van der Waals surface area (Å²) in [7, 11) is 1.54. The number of amides is 1. The molecule has 0 aliphatic heterocycles. The van der Waals surface area contributed by atoms with Crippen molar-refractivity contribution in [3.63, 3.8) is 0 Å². The maximum Gasteiger partial charge on any atom is 0.258 e. The number of carbonyl (C=O) groups is 2. The molecule has 1 aromatic rings. The van der Waals surface area contributed by atoms with Crippen molar-refractivity contribution in [3.05, 3.63) is 23.8 Å².